The van der Waals surface area contributed by atoms with Crippen molar-refractivity contribution in [2.45, 2.75) is 37.9 Å². The monoisotopic (exact) mass is 297 g/mol. The molecule has 0 radical (unpaired) electrons. The van der Waals surface area contributed by atoms with Crippen molar-refractivity contribution in [3.05, 3.63) is 17.6 Å². The van der Waals surface area contributed by atoms with Crippen LogP contribution in [-0.2, 0) is 6.42 Å². The summed E-state index contributed by atoms with van der Waals surface area (Å²) in [6.45, 7) is 5.20. The third-order valence-corrected chi connectivity index (χ3v) is 4.09. The average Bonchev–Trinajstić information content (AvgIpc) is 2.26. The Bertz CT molecular complexity index is 388. The van der Waals surface area contributed by atoms with E-state index in [4.69, 9.17) is 0 Å². The first-order valence-corrected chi connectivity index (χ1v) is 7.19. The van der Waals surface area contributed by atoms with Gasteiger partial charge in [-0.1, -0.05) is 22.9 Å². The van der Waals surface area contributed by atoms with E-state index in [1.165, 1.54) is 12.8 Å². The molecule has 1 aromatic rings. The van der Waals surface area contributed by atoms with Gasteiger partial charge in [-0.2, -0.15) is 0 Å². The SMILES string of the molecule is CCc1cc(N(C)CC2CC(Br)C2)nc(C)n1. The van der Waals surface area contributed by atoms with Crippen molar-refractivity contribution in [3.63, 3.8) is 0 Å². The molecule has 1 aliphatic rings. The normalized spacial score (nSPS) is 23.3. The molecule has 0 saturated heterocycles. The molecule has 1 aliphatic carbocycles. The summed E-state index contributed by atoms with van der Waals surface area (Å²) in [5.41, 5.74) is 1.13. The molecule has 1 saturated carbocycles. The van der Waals surface area contributed by atoms with Gasteiger partial charge in [-0.05, 0) is 32.1 Å². The Labute approximate surface area is 112 Å². The topological polar surface area (TPSA) is 29.0 Å². The molecule has 1 fully saturated rings. The molecule has 0 unspecified atom stereocenters. The molecule has 0 bridgehead atoms. The largest absolute Gasteiger partial charge is 0.359 e. The van der Waals surface area contributed by atoms with Crippen molar-refractivity contribution in [1.82, 2.24) is 9.97 Å². The van der Waals surface area contributed by atoms with Crippen molar-refractivity contribution in [2.75, 3.05) is 18.5 Å². The van der Waals surface area contributed by atoms with E-state index in [0.717, 1.165) is 41.0 Å². The minimum atomic E-state index is 0.735. The van der Waals surface area contributed by atoms with E-state index in [1.54, 1.807) is 0 Å². The third-order valence-electron chi connectivity index (χ3n) is 3.34. The number of rotatable bonds is 4. The highest BCUT2D eigenvalue weighted by Gasteiger charge is 2.27. The molecule has 4 heteroatoms. The van der Waals surface area contributed by atoms with Gasteiger partial charge in [-0.15, -0.1) is 0 Å². The van der Waals surface area contributed by atoms with Gasteiger partial charge in [0.2, 0.25) is 0 Å². The molecule has 1 heterocycles. The first-order valence-electron chi connectivity index (χ1n) is 6.28. The van der Waals surface area contributed by atoms with Crippen LogP contribution in [0.2, 0.25) is 0 Å². The summed E-state index contributed by atoms with van der Waals surface area (Å²) in [7, 11) is 2.13. The Morgan fingerprint density at radius 3 is 2.71 bits per heavy atom. The van der Waals surface area contributed by atoms with Gasteiger partial charge in [0.05, 0.1) is 0 Å². The average molecular weight is 298 g/mol. The molecule has 0 amide bonds. The molecule has 0 aliphatic heterocycles. The zero-order valence-corrected chi connectivity index (χ0v) is 12.4. The van der Waals surface area contributed by atoms with E-state index in [-0.39, 0.29) is 0 Å². The minimum Gasteiger partial charge on any atom is -0.359 e. The second-order valence-corrected chi connectivity index (χ2v) is 6.23. The van der Waals surface area contributed by atoms with E-state index < -0.39 is 0 Å². The number of hydrogen-bond donors (Lipinski definition) is 0. The maximum atomic E-state index is 4.52. The van der Waals surface area contributed by atoms with Crippen LogP contribution < -0.4 is 4.90 Å². The van der Waals surface area contributed by atoms with E-state index in [1.807, 2.05) is 6.92 Å². The predicted octanol–water partition coefficient (Wildman–Crippen LogP) is 2.96. The Morgan fingerprint density at radius 2 is 2.12 bits per heavy atom. The standard InChI is InChI=1S/C13H20BrN3/c1-4-12-7-13(16-9(2)15-12)17(3)8-10-5-11(14)6-10/h7,10-11H,4-6,8H2,1-3H3. The quantitative estimate of drug-likeness (QED) is 0.800. The fourth-order valence-electron chi connectivity index (χ4n) is 2.27. The van der Waals surface area contributed by atoms with Crippen LogP contribution in [0.15, 0.2) is 6.07 Å². The van der Waals surface area contributed by atoms with Crippen molar-refractivity contribution in [3.8, 4) is 0 Å². The molecule has 0 N–H and O–H groups in total. The van der Waals surface area contributed by atoms with Gasteiger partial charge in [0, 0.05) is 30.2 Å². The van der Waals surface area contributed by atoms with E-state index in [0.29, 0.717) is 0 Å². The molecule has 0 atom stereocenters. The summed E-state index contributed by atoms with van der Waals surface area (Å²) in [5, 5.41) is 0. The molecule has 3 nitrogen and oxygen atoms in total. The lowest BCUT2D eigenvalue weighted by atomic mass is 9.85. The van der Waals surface area contributed by atoms with Crippen molar-refractivity contribution in [2.24, 2.45) is 5.92 Å². The molecule has 0 spiro atoms. The van der Waals surface area contributed by atoms with Crippen molar-refractivity contribution >= 4 is 21.7 Å². The molecule has 94 valence electrons. The molecular formula is C13H20BrN3. The zero-order chi connectivity index (χ0) is 12.4. The molecule has 2 rings (SSSR count). The van der Waals surface area contributed by atoms with Crippen LogP contribution in [0.3, 0.4) is 0 Å². The first-order chi connectivity index (χ1) is 8.08. The van der Waals surface area contributed by atoms with Gasteiger partial charge in [0.1, 0.15) is 11.6 Å². The lowest BCUT2D eigenvalue weighted by Crippen LogP contribution is -2.35. The highest BCUT2D eigenvalue weighted by atomic mass is 79.9. The lowest BCUT2D eigenvalue weighted by molar-refractivity contribution is 0.338. The number of anilines is 1. The van der Waals surface area contributed by atoms with Gasteiger partial charge in [0.15, 0.2) is 0 Å². The van der Waals surface area contributed by atoms with Gasteiger partial charge < -0.3 is 4.90 Å². The van der Waals surface area contributed by atoms with Crippen LogP contribution in [0.1, 0.15) is 31.3 Å². The zero-order valence-electron chi connectivity index (χ0n) is 10.8. The fraction of sp³-hybridized carbons (Fsp3) is 0.692. The number of alkyl halides is 1. The van der Waals surface area contributed by atoms with Gasteiger partial charge >= 0.3 is 0 Å². The van der Waals surface area contributed by atoms with Crippen LogP contribution in [0.25, 0.3) is 0 Å². The Hall–Kier alpha value is -0.640. The third kappa shape index (κ3) is 3.18. The number of hydrogen-bond acceptors (Lipinski definition) is 3. The Kier molecular flexibility index (Phi) is 4.02. The smallest absolute Gasteiger partial charge is 0.132 e. The molecule has 17 heavy (non-hydrogen) atoms. The second kappa shape index (κ2) is 5.34. The van der Waals surface area contributed by atoms with Crippen LogP contribution in [0, 0.1) is 12.8 Å². The number of aromatic nitrogens is 2. The molecular weight excluding hydrogens is 278 g/mol. The first kappa shape index (κ1) is 12.8. The highest BCUT2D eigenvalue weighted by molar-refractivity contribution is 9.09. The Morgan fingerprint density at radius 1 is 1.41 bits per heavy atom. The second-order valence-electron chi connectivity index (χ2n) is 4.93. The van der Waals surface area contributed by atoms with E-state index in [9.17, 15) is 0 Å². The summed E-state index contributed by atoms with van der Waals surface area (Å²) in [6, 6.07) is 2.11. The van der Waals surface area contributed by atoms with Gasteiger partial charge in [0.25, 0.3) is 0 Å². The van der Waals surface area contributed by atoms with Crippen LogP contribution in [-0.4, -0.2) is 28.4 Å². The summed E-state index contributed by atoms with van der Waals surface area (Å²) >= 11 is 3.64. The van der Waals surface area contributed by atoms with E-state index in [2.05, 4.69) is 50.8 Å². The summed E-state index contributed by atoms with van der Waals surface area (Å²) in [4.78, 5) is 11.9. The van der Waals surface area contributed by atoms with E-state index >= 15 is 0 Å². The maximum Gasteiger partial charge on any atom is 0.132 e. The highest BCUT2D eigenvalue weighted by Crippen LogP contribution is 2.34. The molecule has 0 aromatic carbocycles. The van der Waals surface area contributed by atoms with Crippen molar-refractivity contribution < 1.29 is 0 Å². The molecule has 1 aromatic heterocycles. The fourth-order valence-corrected chi connectivity index (χ4v) is 3.33. The summed E-state index contributed by atoms with van der Waals surface area (Å²) < 4.78 is 0. The number of halogens is 1. The lowest BCUT2D eigenvalue weighted by Gasteiger charge is -2.34. The Balaban J connectivity index is 2.02. The summed E-state index contributed by atoms with van der Waals surface area (Å²) in [6.07, 6.45) is 3.54. The van der Waals surface area contributed by atoms with Gasteiger partial charge in [-0.3, -0.25) is 0 Å². The minimum absolute atomic E-state index is 0.735. The predicted molar refractivity (Wildman–Crippen MR) is 74.9 cm³/mol. The van der Waals surface area contributed by atoms with Crippen LogP contribution in [0.4, 0.5) is 5.82 Å². The van der Waals surface area contributed by atoms with Crippen LogP contribution >= 0.6 is 15.9 Å². The number of aryl methyl sites for hydroxylation is 2. The maximum absolute atomic E-state index is 4.52. The van der Waals surface area contributed by atoms with Gasteiger partial charge in [-0.25, -0.2) is 9.97 Å². The number of nitrogens with zero attached hydrogens (tertiary/aromatic N) is 3. The van der Waals surface area contributed by atoms with Crippen LogP contribution in [0.5, 0.6) is 0 Å². The van der Waals surface area contributed by atoms with Crippen molar-refractivity contribution in [1.29, 1.82) is 0 Å². The summed E-state index contributed by atoms with van der Waals surface area (Å²) in [5.74, 6) is 2.75.